The molecule has 0 aromatic heterocycles. The van der Waals surface area contributed by atoms with Gasteiger partial charge in [-0.3, -0.25) is 9.59 Å². The molecule has 1 N–H and O–H groups in total. The van der Waals surface area contributed by atoms with Gasteiger partial charge in [0.05, 0.1) is 17.6 Å². The van der Waals surface area contributed by atoms with Crippen molar-refractivity contribution in [2.24, 2.45) is 5.92 Å². The maximum Gasteiger partial charge on any atom is 0.227 e. The molecule has 2 amide bonds. The fourth-order valence-electron chi connectivity index (χ4n) is 2.98. The van der Waals surface area contributed by atoms with Crippen LogP contribution in [0.1, 0.15) is 24.9 Å². The Bertz CT molecular complexity index is 812. The van der Waals surface area contributed by atoms with Gasteiger partial charge in [0.1, 0.15) is 5.82 Å². The Morgan fingerprint density at radius 2 is 2.04 bits per heavy atom. The Kier molecular flexibility index (Phi) is 5.18. The van der Waals surface area contributed by atoms with Crippen molar-refractivity contribution < 1.29 is 14.0 Å². The molecule has 25 heavy (non-hydrogen) atoms. The molecule has 2 atom stereocenters. The highest BCUT2D eigenvalue weighted by Gasteiger charge is 2.36. The van der Waals surface area contributed by atoms with Crippen LogP contribution in [0.4, 0.5) is 10.1 Å². The number of nitrogens with one attached hydrogen (secondary N) is 1. The molecule has 4 nitrogen and oxygen atoms in total. The number of halogens is 2. The molecule has 0 aliphatic carbocycles. The van der Waals surface area contributed by atoms with Gasteiger partial charge < -0.3 is 10.2 Å². The van der Waals surface area contributed by atoms with Gasteiger partial charge in [0.15, 0.2) is 0 Å². The molecule has 1 heterocycles. The molecule has 0 bridgehead atoms. The third kappa shape index (κ3) is 3.90. The predicted molar refractivity (Wildman–Crippen MR) is 97.6 cm³/mol. The van der Waals surface area contributed by atoms with Gasteiger partial charge in [0.25, 0.3) is 0 Å². The van der Waals surface area contributed by atoms with E-state index in [1.165, 1.54) is 11.0 Å². The summed E-state index contributed by atoms with van der Waals surface area (Å²) in [7, 11) is 0. The number of nitrogens with zero attached hydrogens (tertiary/aromatic N) is 1. The third-order valence-electron chi connectivity index (χ3n) is 4.35. The number of anilines is 1. The van der Waals surface area contributed by atoms with Crippen molar-refractivity contribution in [2.75, 3.05) is 11.4 Å². The topological polar surface area (TPSA) is 49.4 Å². The van der Waals surface area contributed by atoms with E-state index in [0.717, 1.165) is 10.0 Å². The van der Waals surface area contributed by atoms with Crippen LogP contribution >= 0.6 is 15.9 Å². The Hall–Kier alpha value is -2.21. The second kappa shape index (κ2) is 7.35. The molecule has 2 unspecified atom stereocenters. The van der Waals surface area contributed by atoms with E-state index >= 15 is 0 Å². The zero-order valence-electron chi connectivity index (χ0n) is 13.7. The van der Waals surface area contributed by atoms with E-state index in [0.29, 0.717) is 0 Å². The average molecular weight is 405 g/mol. The molecule has 0 saturated carbocycles. The van der Waals surface area contributed by atoms with Crippen LogP contribution in [-0.2, 0) is 9.59 Å². The molecule has 1 aliphatic rings. The largest absolute Gasteiger partial charge is 0.349 e. The average Bonchev–Trinajstić information content (AvgIpc) is 2.97. The lowest BCUT2D eigenvalue weighted by atomic mass is 10.1. The molecule has 0 spiro atoms. The number of amides is 2. The lowest BCUT2D eigenvalue weighted by Crippen LogP contribution is -2.34. The molecule has 6 heteroatoms. The molecule has 1 aliphatic heterocycles. The fraction of sp³-hybridized carbons (Fsp3) is 0.263. The summed E-state index contributed by atoms with van der Waals surface area (Å²) in [5.74, 6) is -1.37. The molecule has 1 saturated heterocycles. The minimum absolute atomic E-state index is 0.0887. The summed E-state index contributed by atoms with van der Waals surface area (Å²) in [6.45, 7) is 2.09. The monoisotopic (exact) mass is 404 g/mol. The van der Waals surface area contributed by atoms with Crippen LogP contribution in [0.5, 0.6) is 0 Å². The molecule has 130 valence electrons. The number of carbonyl (C=O) groups is 2. The normalized spacial score (nSPS) is 18.3. The zero-order valence-corrected chi connectivity index (χ0v) is 15.3. The molecular formula is C19H18BrFN2O2. The van der Waals surface area contributed by atoms with Crippen LogP contribution in [0.25, 0.3) is 0 Å². The number of hydrogen-bond acceptors (Lipinski definition) is 2. The van der Waals surface area contributed by atoms with Crippen LogP contribution in [0.15, 0.2) is 53.0 Å². The van der Waals surface area contributed by atoms with Gasteiger partial charge in [-0.05, 0) is 36.8 Å². The lowest BCUT2D eigenvalue weighted by molar-refractivity contribution is -0.126. The van der Waals surface area contributed by atoms with Crippen molar-refractivity contribution in [3.8, 4) is 0 Å². The van der Waals surface area contributed by atoms with Gasteiger partial charge in [0, 0.05) is 17.4 Å². The van der Waals surface area contributed by atoms with Crippen molar-refractivity contribution in [1.82, 2.24) is 5.32 Å². The van der Waals surface area contributed by atoms with E-state index < -0.39 is 11.7 Å². The Labute approximate surface area is 154 Å². The Morgan fingerprint density at radius 3 is 2.76 bits per heavy atom. The van der Waals surface area contributed by atoms with Crippen LogP contribution in [0, 0.1) is 11.7 Å². The second-order valence-electron chi connectivity index (χ2n) is 6.14. The molecule has 3 rings (SSSR count). The maximum absolute atomic E-state index is 13.9. The smallest absolute Gasteiger partial charge is 0.227 e. The van der Waals surface area contributed by atoms with Crippen LogP contribution in [0.3, 0.4) is 0 Å². The standard InChI is InChI=1S/C19H18BrFN2O2/c1-12(13-5-4-6-15(20)9-13)22-19(25)14-10-18(24)23(11-14)17-8-3-2-7-16(17)21/h2-9,12,14H,10-11H2,1H3,(H,22,25). The quantitative estimate of drug-likeness (QED) is 0.841. The van der Waals surface area contributed by atoms with Gasteiger partial charge >= 0.3 is 0 Å². The summed E-state index contributed by atoms with van der Waals surface area (Å²) < 4.78 is 14.9. The Morgan fingerprint density at radius 1 is 1.28 bits per heavy atom. The number of benzene rings is 2. The summed E-state index contributed by atoms with van der Waals surface area (Å²) in [6, 6.07) is 13.6. The first-order chi connectivity index (χ1) is 12.0. The molecule has 2 aromatic carbocycles. The third-order valence-corrected chi connectivity index (χ3v) is 4.84. The van der Waals surface area contributed by atoms with Crippen molar-refractivity contribution in [2.45, 2.75) is 19.4 Å². The number of carbonyl (C=O) groups excluding carboxylic acids is 2. The van der Waals surface area contributed by atoms with Crippen LogP contribution < -0.4 is 10.2 Å². The summed E-state index contributed by atoms with van der Waals surface area (Å²) in [4.78, 5) is 26.1. The van der Waals surface area contributed by atoms with Gasteiger partial charge in [-0.2, -0.15) is 0 Å². The minimum atomic E-state index is -0.485. The summed E-state index contributed by atoms with van der Waals surface area (Å²) in [5.41, 5.74) is 1.20. The SMILES string of the molecule is CC(NC(=O)C1CC(=O)N(c2ccccc2F)C1)c1cccc(Br)c1. The van der Waals surface area contributed by atoms with E-state index in [-0.39, 0.29) is 36.5 Å². The van der Waals surface area contributed by atoms with Gasteiger partial charge in [-0.1, -0.05) is 40.2 Å². The van der Waals surface area contributed by atoms with E-state index in [4.69, 9.17) is 0 Å². The highest BCUT2D eigenvalue weighted by molar-refractivity contribution is 9.10. The van der Waals surface area contributed by atoms with Crippen molar-refractivity contribution in [3.05, 3.63) is 64.4 Å². The zero-order chi connectivity index (χ0) is 18.0. The first kappa shape index (κ1) is 17.6. The summed E-state index contributed by atoms with van der Waals surface area (Å²) in [5, 5.41) is 2.94. The van der Waals surface area contributed by atoms with E-state index in [9.17, 15) is 14.0 Å². The number of para-hydroxylation sites is 1. The number of hydrogen-bond donors (Lipinski definition) is 1. The molecule has 2 aromatic rings. The van der Waals surface area contributed by atoms with Crippen LogP contribution in [0.2, 0.25) is 0 Å². The predicted octanol–water partition coefficient (Wildman–Crippen LogP) is 3.82. The van der Waals surface area contributed by atoms with Crippen molar-refractivity contribution in [1.29, 1.82) is 0 Å². The highest BCUT2D eigenvalue weighted by Crippen LogP contribution is 2.28. The minimum Gasteiger partial charge on any atom is -0.349 e. The van der Waals surface area contributed by atoms with Gasteiger partial charge in [0.2, 0.25) is 11.8 Å². The number of rotatable bonds is 4. The fourth-order valence-corrected chi connectivity index (χ4v) is 3.39. The lowest BCUT2D eigenvalue weighted by Gasteiger charge is -2.19. The van der Waals surface area contributed by atoms with E-state index in [2.05, 4.69) is 21.2 Å². The van der Waals surface area contributed by atoms with Gasteiger partial charge in [-0.25, -0.2) is 4.39 Å². The molecule has 1 fully saturated rings. The molecule has 0 radical (unpaired) electrons. The highest BCUT2D eigenvalue weighted by atomic mass is 79.9. The van der Waals surface area contributed by atoms with Crippen molar-refractivity contribution in [3.63, 3.8) is 0 Å². The van der Waals surface area contributed by atoms with E-state index in [1.807, 2.05) is 31.2 Å². The first-order valence-corrected chi connectivity index (χ1v) is 8.85. The first-order valence-electron chi connectivity index (χ1n) is 8.06. The Balaban J connectivity index is 1.68. The van der Waals surface area contributed by atoms with Crippen LogP contribution in [-0.4, -0.2) is 18.4 Å². The van der Waals surface area contributed by atoms with Gasteiger partial charge in [-0.15, -0.1) is 0 Å². The maximum atomic E-state index is 13.9. The summed E-state index contributed by atoms with van der Waals surface area (Å²) in [6.07, 6.45) is 0.0887. The van der Waals surface area contributed by atoms with Crippen molar-refractivity contribution >= 4 is 33.4 Å². The molecular weight excluding hydrogens is 387 g/mol. The summed E-state index contributed by atoms with van der Waals surface area (Å²) >= 11 is 3.41. The van der Waals surface area contributed by atoms with E-state index in [1.54, 1.807) is 18.2 Å². The second-order valence-corrected chi connectivity index (χ2v) is 7.06.